The molecule has 6 nitrogen and oxygen atoms in total. The van der Waals surface area contributed by atoms with Gasteiger partial charge in [0.25, 0.3) is 0 Å². The van der Waals surface area contributed by atoms with Gasteiger partial charge in [0.15, 0.2) is 5.13 Å². The zero-order chi connectivity index (χ0) is 21.5. The predicted molar refractivity (Wildman–Crippen MR) is 121 cm³/mol. The highest BCUT2D eigenvalue weighted by molar-refractivity contribution is 7.89. The van der Waals surface area contributed by atoms with E-state index < -0.39 is 20.7 Å². The fraction of sp³-hybridized carbons (Fsp3) is 0.524. The van der Waals surface area contributed by atoms with Crippen LogP contribution in [0.3, 0.4) is 0 Å². The fourth-order valence-electron chi connectivity index (χ4n) is 4.35. The van der Waals surface area contributed by atoms with Crippen LogP contribution in [0.1, 0.15) is 55.7 Å². The van der Waals surface area contributed by atoms with Gasteiger partial charge >= 0.3 is 0 Å². The Hall–Kier alpha value is -1.48. The van der Waals surface area contributed by atoms with E-state index in [1.54, 1.807) is 13.8 Å². The summed E-state index contributed by atoms with van der Waals surface area (Å²) < 4.78 is 26.5. The van der Waals surface area contributed by atoms with Gasteiger partial charge in [-0.15, -0.1) is 11.3 Å². The molecule has 1 aliphatic heterocycles. The lowest BCUT2D eigenvalue weighted by atomic mass is 9.78. The van der Waals surface area contributed by atoms with Crippen molar-refractivity contribution in [1.29, 1.82) is 0 Å². The second kappa shape index (κ2) is 8.22. The highest BCUT2D eigenvalue weighted by Gasteiger charge is 2.43. The number of fused-ring (bicyclic) bond motifs is 1. The van der Waals surface area contributed by atoms with E-state index >= 15 is 0 Å². The Morgan fingerprint density at radius 3 is 2.53 bits per heavy atom. The third-order valence-corrected chi connectivity index (χ3v) is 9.63. The minimum atomic E-state index is -3.30. The smallest absolute Gasteiger partial charge is 0.236 e. The Balaban J connectivity index is 1.55. The first-order valence-corrected chi connectivity index (χ1v) is 13.0. The van der Waals surface area contributed by atoms with Crippen molar-refractivity contribution in [2.75, 3.05) is 11.9 Å². The number of nitrogens with zero attached hydrogens (tertiary/aromatic N) is 2. The normalized spacial score (nSPS) is 19.1. The maximum atomic E-state index is 13.4. The molecule has 1 fully saturated rings. The van der Waals surface area contributed by atoms with Gasteiger partial charge in [-0.1, -0.05) is 36.6 Å². The highest BCUT2D eigenvalue weighted by Crippen LogP contribution is 2.43. The van der Waals surface area contributed by atoms with E-state index in [9.17, 15) is 13.2 Å². The number of halogens is 1. The second-order valence-corrected chi connectivity index (χ2v) is 12.3. The number of anilines is 1. The van der Waals surface area contributed by atoms with Gasteiger partial charge in [0.05, 0.1) is 16.4 Å². The van der Waals surface area contributed by atoms with E-state index in [0.29, 0.717) is 29.7 Å². The van der Waals surface area contributed by atoms with Gasteiger partial charge < -0.3 is 5.32 Å². The molecule has 1 N–H and O–H groups in total. The molecule has 2 aliphatic rings. The zero-order valence-electron chi connectivity index (χ0n) is 17.2. The number of carbonyl (C=O) groups is 1. The lowest BCUT2D eigenvalue weighted by molar-refractivity contribution is -0.121. The summed E-state index contributed by atoms with van der Waals surface area (Å²) in [4.78, 5) is 18.9. The number of sulfonamides is 1. The molecule has 0 spiro atoms. The predicted octanol–water partition coefficient (Wildman–Crippen LogP) is 4.34. The number of nitrogens with one attached hydrogen (secondary N) is 1. The molecule has 0 atom stereocenters. The third kappa shape index (κ3) is 3.90. The second-order valence-electron chi connectivity index (χ2n) is 8.32. The molecule has 1 aliphatic carbocycles. The quantitative estimate of drug-likeness (QED) is 0.709. The van der Waals surface area contributed by atoms with Gasteiger partial charge in [0.2, 0.25) is 15.9 Å². The van der Waals surface area contributed by atoms with Crippen LogP contribution < -0.4 is 5.32 Å². The Kier molecular flexibility index (Phi) is 5.96. The summed E-state index contributed by atoms with van der Waals surface area (Å²) in [6.45, 7) is 4.15. The summed E-state index contributed by atoms with van der Waals surface area (Å²) in [5.74, 6) is -0.0416. The molecule has 2 aromatic rings. The summed E-state index contributed by atoms with van der Waals surface area (Å²) >= 11 is 7.42. The van der Waals surface area contributed by atoms with Gasteiger partial charge in [-0.2, -0.15) is 4.31 Å². The topological polar surface area (TPSA) is 79.4 Å². The van der Waals surface area contributed by atoms with Crippen LogP contribution in [0.25, 0.3) is 0 Å². The molecule has 162 valence electrons. The Morgan fingerprint density at radius 2 is 1.90 bits per heavy atom. The summed E-state index contributed by atoms with van der Waals surface area (Å²) in [6.07, 6.45) is 4.17. The molecule has 0 saturated heterocycles. The molecule has 1 aromatic carbocycles. The molecule has 0 radical (unpaired) electrons. The van der Waals surface area contributed by atoms with E-state index in [-0.39, 0.29) is 5.91 Å². The summed E-state index contributed by atoms with van der Waals surface area (Å²) in [6, 6.07) is 7.54. The molecule has 0 bridgehead atoms. The number of hydrogen-bond donors (Lipinski definition) is 1. The van der Waals surface area contributed by atoms with Crippen LogP contribution >= 0.6 is 22.9 Å². The van der Waals surface area contributed by atoms with Crippen molar-refractivity contribution in [2.24, 2.45) is 0 Å². The average molecular weight is 468 g/mol. The van der Waals surface area contributed by atoms with Crippen molar-refractivity contribution in [3.63, 3.8) is 0 Å². The van der Waals surface area contributed by atoms with Crippen LogP contribution in [-0.4, -0.2) is 35.4 Å². The molecule has 30 heavy (non-hydrogen) atoms. The summed E-state index contributed by atoms with van der Waals surface area (Å²) in [7, 11) is -3.30. The first kappa shape index (κ1) is 21.7. The largest absolute Gasteiger partial charge is 0.301 e. The van der Waals surface area contributed by atoms with Crippen molar-refractivity contribution >= 4 is 44.0 Å². The Bertz CT molecular complexity index is 1040. The van der Waals surface area contributed by atoms with Crippen LogP contribution in [0.15, 0.2) is 24.3 Å². The van der Waals surface area contributed by atoms with E-state index in [0.717, 1.165) is 41.8 Å². The highest BCUT2D eigenvalue weighted by atomic mass is 35.5. The number of thiazole rings is 1. The molecule has 1 amide bonds. The number of amides is 1. The molecular weight excluding hydrogens is 442 g/mol. The van der Waals surface area contributed by atoms with Gasteiger partial charge in [0, 0.05) is 29.4 Å². The molecular formula is C21H26ClN3O3S2. The molecule has 2 heterocycles. The van der Waals surface area contributed by atoms with Crippen LogP contribution in [0.2, 0.25) is 5.02 Å². The summed E-state index contributed by atoms with van der Waals surface area (Å²) in [5, 5.41) is 3.79. The first-order valence-electron chi connectivity index (χ1n) is 10.3. The lowest BCUT2D eigenvalue weighted by Gasteiger charge is -2.27. The molecule has 1 saturated carbocycles. The van der Waals surface area contributed by atoms with E-state index in [1.165, 1.54) is 15.6 Å². The van der Waals surface area contributed by atoms with Crippen LogP contribution in [0.5, 0.6) is 0 Å². The van der Waals surface area contributed by atoms with Crippen LogP contribution in [-0.2, 0) is 33.2 Å². The van der Waals surface area contributed by atoms with Gasteiger partial charge in [0.1, 0.15) is 0 Å². The molecule has 9 heteroatoms. The van der Waals surface area contributed by atoms with E-state index in [2.05, 4.69) is 10.3 Å². The molecule has 4 rings (SSSR count). The first-order chi connectivity index (χ1) is 14.2. The van der Waals surface area contributed by atoms with E-state index in [4.69, 9.17) is 11.6 Å². The Labute approximate surface area is 186 Å². The minimum absolute atomic E-state index is 0.0416. The SMILES string of the molecule is CC(C)S(=O)(=O)N1CCc2nc(NC(=O)C3(c4ccc(Cl)cc4)CCCC3)sc2C1. The standard InChI is InChI=1S/C21H26ClN3O3S2/c1-14(2)30(27,28)25-12-9-17-18(13-25)29-20(23-17)24-19(26)21(10-3-4-11-21)15-5-7-16(22)8-6-15/h5-8,14H,3-4,9-13H2,1-2H3,(H,23,24,26). The van der Waals surface area contributed by atoms with E-state index in [1.807, 2.05) is 24.3 Å². The molecule has 1 aromatic heterocycles. The van der Waals surface area contributed by atoms with Crippen molar-refractivity contribution in [1.82, 2.24) is 9.29 Å². The molecule has 0 unspecified atom stereocenters. The fourth-order valence-corrected chi connectivity index (χ4v) is 6.83. The van der Waals surface area contributed by atoms with Crippen molar-refractivity contribution in [3.05, 3.63) is 45.4 Å². The van der Waals surface area contributed by atoms with Crippen molar-refractivity contribution in [2.45, 2.75) is 63.2 Å². The lowest BCUT2D eigenvalue weighted by Crippen LogP contribution is -2.39. The van der Waals surface area contributed by atoms with Gasteiger partial charge in [-0.25, -0.2) is 13.4 Å². The maximum Gasteiger partial charge on any atom is 0.236 e. The number of hydrogen-bond acceptors (Lipinski definition) is 5. The maximum absolute atomic E-state index is 13.4. The van der Waals surface area contributed by atoms with Crippen LogP contribution in [0, 0.1) is 0 Å². The number of carbonyl (C=O) groups excluding carboxylic acids is 1. The zero-order valence-corrected chi connectivity index (χ0v) is 19.5. The number of rotatable bonds is 5. The number of benzene rings is 1. The number of aromatic nitrogens is 1. The minimum Gasteiger partial charge on any atom is -0.301 e. The van der Waals surface area contributed by atoms with Crippen molar-refractivity contribution in [3.8, 4) is 0 Å². The van der Waals surface area contributed by atoms with Gasteiger partial charge in [-0.05, 0) is 44.4 Å². The average Bonchev–Trinajstić information content (AvgIpc) is 3.35. The van der Waals surface area contributed by atoms with Crippen molar-refractivity contribution < 1.29 is 13.2 Å². The van der Waals surface area contributed by atoms with Gasteiger partial charge in [-0.3, -0.25) is 4.79 Å². The Morgan fingerprint density at radius 1 is 1.23 bits per heavy atom. The van der Waals surface area contributed by atoms with Crippen LogP contribution in [0.4, 0.5) is 5.13 Å². The third-order valence-electron chi connectivity index (χ3n) is 6.16. The summed E-state index contributed by atoms with van der Waals surface area (Å²) in [5.41, 5.74) is 1.30. The monoisotopic (exact) mass is 467 g/mol.